The van der Waals surface area contributed by atoms with Gasteiger partial charge in [-0.15, -0.1) is 0 Å². The number of carbonyl (C=O) groups excluding carboxylic acids is 2. The lowest BCUT2D eigenvalue weighted by Gasteiger charge is -2.15. The predicted octanol–water partition coefficient (Wildman–Crippen LogP) is 15.8. The Labute approximate surface area is 343 Å². The highest BCUT2D eigenvalue weighted by atomic mass is 16.6. The number of unbranched alkanes of at least 4 members (excludes halogenated alkanes) is 33. The van der Waals surface area contributed by atoms with E-state index in [1.807, 2.05) is 0 Å². The van der Waals surface area contributed by atoms with Gasteiger partial charge in [-0.25, -0.2) is 0 Å². The second-order valence-electron chi connectivity index (χ2n) is 16.5. The van der Waals surface area contributed by atoms with E-state index in [4.69, 9.17) is 9.47 Å². The van der Waals surface area contributed by atoms with E-state index in [9.17, 15) is 14.7 Å². The topological polar surface area (TPSA) is 72.8 Å². The monoisotopic (exact) mass is 775 g/mol. The first-order valence-corrected chi connectivity index (χ1v) is 24.4. The van der Waals surface area contributed by atoms with Crippen LogP contribution in [-0.4, -0.2) is 36.4 Å². The van der Waals surface area contributed by atoms with Gasteiger partial charge < -0.3 is 14.6 Å². The molecule has 5 nitrogen and oxygen atoms in total. The zero-order valence-corrected chi connectivity index (χ0v) is 37.0. The van der Waals surface area contributed by atoms with Gasteiger partial charge in [0, 0.05) is 12.8 Å². The second kappa shape index (κ2) is 46.8. The lowest BCUT2D eigenvalue weighted by Crippen LogP contribution is -2.28. The van der Waals surface area contributed by atoms with Crippen LogP contribution in [-0.2, 0) is 19.1 Å². The number of esters is 2. The van der Waals surface area contributed by atoms with Crippen molar-refractivity contribution in [2.45, 2.75) is 270 Å². The smallest absolute Gasteiger partial charge is 0.306 e. The molecule has 0 aliphatic rings. The highest BCUT2D eigenvalue weighted by Gasteiger charge is 2.16. The summed E-state index contributed by atoms with van der Waals surface area (Å²) >= 11 is 0. The van der Waals surface area contributed by atoms with E-state index < -0.39 is 6.10 Å². The molecule has 0 aliphatic carbocycles. The third kappa shape index (κ3) is 45.0. The van der Waals surface area contributed by atoms with Crippen molar-refractivity contribution < 1.29 is 24.2 Å². The van der Waals surface area contributed by atoms with Gasteiger partial charge >= 0.3 is 11.9 Å². The van der Waals surface area contributed by atoms with Crippen molar-refractivity contribution in [2.75, 3.05) is 13.2 Å². The van der Waals surface area contributed by atoms with Crippen LogP contribution < -0.4 is 0 Å². The van der Waals surface area contributed by atoms with E-state index in [-0.39, 0.29) is 25.2 Å². The van der Waals surface area contributed by atoms with Crippen molar-refractivity contribution in [2.24, 2.45) is 0 Å². The SMILES string of the molecule is CCC/C=C\C/C=C\CCCCCCCC(=O)OC(CO)COC(=O)CCCCCCCCCCCCCCCCCCCCCCCCCCCCCC. The van der Waals surface area contributed by atoms with Gasteiger partial charge in [-0.05, 0) is 38.5 Å². The number of rotatable bonds is 45. The molecule has 0 spiro atoms. The van der Waals surface area contributed by atoms with Crippen molar-refractivity contribution in [3.63, 3.8) is 0 Å². The maximum Gasteiger partial charge on any atom is 0.306 e. The molecule has 0 bridgehead atoms. The molecule has 324 valence electrons. The molecule has 0 aromatic rings. The van der Waals surface area contributed by atoms with Gasteiger partial charge in [-0.2, -0.15) is 0 Å². The summed E-state index contributed by atoms with van der Waals surface area (Å²) in [5.41, 5.74) is 0. The summed E-state index contributed by atoms with van der Waals surface area (Å²) in [7, 11) is 0. The third-order valence-electron chi connectivity index (χ3n) is 11.0. The quantitative estimate of drug-likeness (QED) is 0.0379. The Hall–Kier alpha value is -1.62. The van der Waals surface area contributed by atoms with E-state index in [0.29, 0.717) is 12.8 Å². The first-order chi connectivity index (χ1) is 27.1. The van der Waals surface area contributed by atoms with Crippen molar-refractivity contribution in [3.05, 3.63) is 24.3 Å². The summed E-state index contributed by atoms with van der Waals surface area (Å²) in [4.78, 5) is 24.3. The Balaban J connectivity index is 3.41. The predicted molar refractivity (Wildman–Crippen MR) is 238 cm³/mol. The fourth-order valence-corrected chi connectivity index (χ4v) is 7.30. The Morgan fingerprint density at radius 1 is 0.418 bits per heavy atom. The second-order valence-corrected chi connectivity index (χ2v) is 16.5. The highest BCUT2D eigenvalue weighted by molar-refractivity contribution is 5.70. The molecule has 0 radical (unpaired) electrons. The van der Waals surface area contributed by atoms with Crippen LogP contribution in [0, 0.1) is 0 Å². The first-order valence-electron chi connectivity index (χ1n) is 24.4. The number of hydrogen-bond acceptors (Lipinski definition) is 5. The number of carbonyl (C=O) groups is 2. The van der Waals surface area contributed by atoms with Crippen LogP contribution in [0.5, 0.6) is 0 Å². The van der Waals surface area contributed by atoms with Gasteiger partial charge in [0.05, 0.1) is 6.61 Å². The van der Waals surface area contributed by atoms with Gasteiger partial charge in [-0.3, -0.25) is 9.59 Å². The molecule has 1 atom stereocenters. The minimum Gasteiger partial charge on any atom is -0.462 e. The van der Waals surface area contributed by atoms with Gasteiger partial charge in [0.1, 0.15) is 6.61 Å². The van der Waals surface area contributed by atoms with Crippen LogP contribution >= 0.6 is 0 Å². The van der Waals surface area contributed by atoms with E-state index in [1.54, 1.807) is 0 Å². The fourth-order valence-electron chi connectivity index (χ4n) is 7.30. The molecule has 0 fully saturated rings. The number of ether oxygens (including phenoxy) is 2. The van der Waals surface area contributed by atoms with Crippen LogP contribution in [0.3, 0.4) is 0 Å². The molecule has 5 heteroatoms. The van der Waals surface area contributed by atoms with Crippen LogP contribution in [0.1, 0.15) is 264 Å². The van der Waals surface area contributed by atoms with Gasteiger partial charge in [0.2, 0.25) is 0 Å². The molecule has 0 saturated heterocycles. The highest BCUT2D eigenvalue weighted by Crippen LogP contribution is 2.17. The van der Waals surface area contributed by atoms with Crippen LogP contribution in [0.15, 0.2) is 24.3 Å². The molecule has 0 amide bonds. The molecule has 0 heterocycles. The minimum absolute atomic E-state index is 0.0669. The molecule has 0 aromatic heterocycles. The molecule has 1 N–H and O–H groups in total. The minimum atomic E-state index is -0.774. The van der Waals surface area contributed by atoms with Crippen molar-refractivity contribution in [1.29, 1.82) is 0 Å². The number of hydrogen-bond donors (Lipinski definition) is 1. The van der Waals surface area contributed by atoms with Crippen LogP contribution in [0.25, 0.3) is 0 Å². The lowest BCUT2D eigenvalue weighted by molar-refractivity contribution is -0.161. The Morgan fingerprint density at radius 3 is 1.15 bits per heavy atom. The summed E-state index contributed by atoms with van der Waals surface area (Å²) in [5, 5.41) is 9.58. The molecular weight excluding hydrogens is 681 g/mol. The largest absolute Gasteiger partial charge is 0.462 e. The molecular formula is C50H94O5. The van der Waals surface area contributed by atoms with Crippen molar-refractivity contribution >= 4 is 11.9 Å². The summed E-state index contributed by atoms with van der Waals surface area (Å²) in [6, 6.07) is 0. The number of aliphatic hydroxyl groups excluding tert-OH is 1. The molecule has 0 rings (SSSR count). The third-order valence-corrected chi connectivity index (χ3v) is 11.0. The van der Waals surface area contributed by atoms with E-state index >= 15 is 0 Å². The number of aliphatic hydroxyl groups is 1. The maximum atomic E-state index is 12.2. The molecule has 1 unspecified atom stereocenters. The summed E-state index contributed by atoms with van der Waals surface area (Å²) in [6.07, 6.45) is 57.1. The standard InChI is InChI=1S/C50H94O5/c1-3-5-7-9-11-13-15-17-18-19-20-21-22-23-24-25-26-27-28-29-30-31-33-34-36-38-40-42-44-49(52)54-47-48(46-51)55-50(53)45-43-41-39-37-35-32-16-14-12-10-8-6-4-2/h8,10,14,16,48,51H,3-7,9,11-13,15,17-47H2,1-2H3/b10-8-,16-14-. The van der Waals surface area contributed by atoms with E-state index in [0.717, 1.165) is 57.8 Å². The molecule has 55 heavy (non-hydrogen) atoms. The normalized spacial score (nSPS) is 12.3. The average Bonchev–Trinajstić information content (AvgIpc) is 3.19. The van der Waals surface area contributed by atoms with E-state index in [1.165, 1.54) is 180 Å². The fraction of sp³-hybridized carbons (Fsp3) is 0.880. The van der Waals surface area contributed by atoms with Gasteiger partial charge in [0.25, 0.3) is 0 Å². The molecule has 0 aliphatic heterocycles. The summed E-state index contributed by atoms with van der Waals surface area (Å²) < 4.78 is 10.6. The Bertz CT molecular complexity index is 836. The zero-order valence-electron chi connectivity index (χ0n) is 37.0. The van der Waals surface area contributed by atoms with Crippen LogP contribution in [0.2, 0.25) is 0 Å². The average molecular weight is 775 g/mol. The van der Waals surface area contributed by atoms with Crippen molar-refractivity contribution in [3.8, 4) is 0 Å². The van der Waals surface area contributed by atoms with Gasteiger partial charge in [-0.1, -0.05) is 237 Å². The van der Waals surface area contributed by atoms with Crippen molar-refractivity contribution in [1.82, 2.24) is 0 Å². The van der Waals surface area contributed by atoms with Crippen LogP contribution in [0.4, 0.5) is 0 Å². The zero-order chi connectivity index (χ0) is 40.0. The Kier molecular flexibility index (Phi) is 45.4. The van der Waals surface area contributed by atoms with Gasteiger partial charge in [0.15, 0.2) is 6.10 Å². The lowest BCUT2D eigenvalue weighted by atomic mass is 10.0. The summed E-state index contributed by atoms with van der Waals surface area (Å²) in [6.45, 7) is 4.09. The maximum absolute atomic E-state index is 12.2. The summed E-state index contributed by atoms with van der Waals surface area (Å²) in [5.74, 6) is -0.595. The van der Waals surface area contributed by atoms with E-state index in [2.05, 4.69) is 38.2 Å². The Morgan fingerprint density at radius 2 is 0.764 bits per heavy atom. The number of allylic oxidation sites excluding steroid dienone is 4. The first kappa shape index (κ1) is 53.4. The molecule has 0 aromatic carbocycles. The molecule has 0 saturated carbocycles.